The fraction of sp³-hybridized carbons (Fsp3) is 0.733. The Labute approximate surface area is 122 Å². The Balaban J connectivity index is 2.90. The highest BCUT2D eigenvalue weighted by Gasteiger charge is 2.21. The molecule has 0 saturated carbocycles. The molecule has 5 heteroatoms. The molecule has 1 aromatic heterocycles. The first kappa shape index (κ1) is 16.7. The third-order valence-electron chi connectivity index (χ3n) is 2.88. The van der Waals surface area contributed by atoms with E-state index in [0.29, 0.717) is 13.2 Å². The highest BCUT2D eigenvalue weighted by atomic mass is 16.5. The Morgan fingerprint density at radius 3 is 2.20 bits per heavy atom. The molecule has 5 nitrogen and oxygen atoms in total. The molecule has 1 heterocycles. The monoisotopic (exact) mass is 280 g/mol. The molecule has 0 radical (unpaired) electrons. The maximum Gasteiger partial charge on any atom is 0.138 e. The molecule has 0 fully saturated rings. The van der Waals surface area contributed by atoms with Crippen LogP contribution < -0.4 is 10.6 Å². The number of ether oxygens (including phenoxy) is 1. The average Bonchev–Trinajstić information content (AvgIpc) is 2.35. The van der Waals surface area contributed by atoms with Gasteiger partial charge in [-0.3, -0.25) is 0 Å². The molecule has 0 aliphatic rings. The molecule has 114 valence electrons. The van der Waals surface area contributed by atoms with Gasteiger partial charge in [0.25, 0.3) is 0 Å². The summed E-state index contributed by atoms with van der Waals surface area (Å²) in [5.74, 6) is 2.46. The van der Waals surface area contributed by atoms with Crippen LogP contribution in [0.3, 0.4) is 0 Å². The summed E-state index contributed by atoms with van der Waals surface area (Å²) in [6, 6.07) is 1.91. The van der Waals surface area contributed by atoms with Gasteiger partial charge < -0.3 is 15.4 Å². The van der Waals surface area contributed by atoms with E-state index in [2.05, 4.69) is 55.2 Å². The maximum atomic E-state index is 5.68. The van der Waals surface area contributed by atoms with E-state index in [-0.39, 0.29) is 11.0 Å². The molecular formula is C15H28N4O. The summed E-state index contributed by atoms with van der Waals surface area (Å²) in [6.45, 7) is 13.9. The van der Waals surface area contributed by atoms with Crippen LogP contribution in [-0.2, 0) is 10.2 Å². The zero-order chi connectivity index (χ0) is 15.4. The third kappa shape index (κ3) is 4.96. The predicted octanol–water partition coefficient (Wildman–Crippen LogP) is 3.04. The van der Waals surface area contributed by atoms with Crippen molar-refractivity contribution in [3.05, 3.63) is 11.9 Å². The summed E-state index contributed by atoms with van der Waals surface area (Å²) >= 11 is 0. The first-order valence-electron chi connectivity index (χ1n) is 7.13. The van der Waals surface area contributed by atoms with Gasteiger partial charge in [0.2, 0.25) is 0 Å². The van der Waals surface area contributed by atoms with Gasteiger partial charge in [-0.05, 0) is 20.8 Å². The normalized spacial score (nSPS) is 12.3. The minimum atomic E-state index is -0.221. The van der Waals surface area contributed by atoms with Crippen molar-refractivity contribution in [2.75, 3.05) is 30.8 Å². The summed E-state index contributed by atoms with van der Waals surface area (Å²) in [5, 5.41) is 6.42. The number of hydrogen-bond donors (Lipinski definition) is 2. The first-order chi connectivity index (χ1) is 9.18. The van der Waals surface area contributed by atoms with Gasteiger partial charge in [-0.1, -0.05) is 20.8 Å². The Morgan fingerprint density at radius 1 is 1.10 bits per heavy atom. The molecule has 2 N–H and O–H groups in total. The van der Waals surface area contributed by atoms with Gasteiger partial charge in [-0.15, -0.1) is 0 Å². The number of hydrogen-bond acceptors (Lipinski definition) is 5. The highest BCUT2D eigenvalue weighted by Crippen LogP contribution is 2.22. The lowest BCUT2D eigenvalue weighted by Gasteiger charge is -2.26. The largest absolute Gasteiger partial charge is 0.374 e. The van der Waals surface area contributed by atoms with Crippen molar-refractivity contribution in [1.29, 1.82) is 0 Å². The zero-order valence-corrected chi connectivity index (χ0v) is 13.8. The molecular weight excluding hydrogens is 252 g/mol. The van der Waals surface area contributed by atoms with E-state index >= 15 is 0 Å². The van der Waals surface area contributed by atoms with Crippen molar-refractivity contribution < 1.29 is 4.74 Å². The maximum absolute atomic E-state index is 5.68. The molecule has 1 rings (SSSR count). The van der Waals surface area contributed by atoms with E-state index in [1.807, 2.05) is 20.0 Å². The second kappa shape index (κ2) is 6.39. The van der Waals surface area contributed by atoms with Gasteiger partial charge >= 0.3 is 0 Å². The van der Waals surface area contributed by atoms with Crippen LogP contribution >= 0.6 is 0 Å². The lowest BCUT2D eigenvalue weighted by molar-refractivity contribution is 0.000637. The van der Waals surface area contributed by atoms with Crippen LogP contribution in [0.2, 0.25) is 0 Å². The van der Waals surface area contributed by atoms with Gasteiger partial charge in [-0.25, -0.2) is 9.97 Å². The molecule has 0 atom stereocenters. The van der Waals surface area contributed by atoms with E-state index in [9.17, 15) is 0 Å². The lowest BCUT2D eigenvalue weighted by atomic mass is 9.96. The van der Waals surface area contributed by atoms with E-state index in [1.165, 1.54) is 0 Å². The zero-order valence-electron chi connectivity index (χ0n) is 13.8. The van der Waals surface area contributed by atoms with Crippen molar-refractivity contribution in [1.82, 2.24) is 9.97 Å². The minimum Gasteiger partial charge on any atom is -0.374 e. The van der Waals surface area contributed by atoms with Crippen LogP contribution in [0.15, 0.2) is 6.07 Å². The molecule has 0 amide bonds. The lowest BCUT2D eigenvalue weighted by Crippen LogP contribution is -2.33. The second-order valence-corrected chi connectivity index (χ2v) is 6.51. The van der Waals surface area contributed by atoms with Crippen LogP contribution in [0, 0.1) is 0 Å². The van der Waals surface area contributed by atoms with Crippen LogP contribution in [0.1, 0.15) is 47.4 Å². The number of rotatable bonds is 6. The summed E-state index contributed by atoms with van der Waals surface area (Å²) < 4.78 is 5.68. The molecule has 1 aromatic rings. The quantitative estimate of drug-likeness (QED) is 0.838. The first-order valence-corrected chi connectivity index (χ1v) is 7.13. The van der Waals surface area contributed by atoms with Gasteiger partial charge in [0.15, 0.2) is 0 Å². The standard InChI is InChI=1S/C15H28N4O/c1-8-20-15(5,6)10-17-12-9-11(16-7)18-13(19-12)14(2,3)4/h9H,8,10H2,1-7H3,(H2,16,17,18,19). The number of nitrogens with one attached hydrogen (secondary N) is 2. The SMILES string of the molecule is CCOC(C)(C)CNc1cc(NC)nc(C(C)(C)C)n1. The second-order valence-electron chi connectivity index (χ2n) is 6.51. The topological polar surface area (TPSA) is 59.1 Å². The summed E-state index contributed by atoms with van der Waals surface area (Å²) in [4.78, 5) is 9.11. The highest BCUT2D eigenvalue weighted by molar-refractivity contribution is 5.48. The van der Waals surface area contributed by atoms with E-state index in [4.69, 9.17) is 4.74 Å². The fourth-order valence-electron chi connectivity index (χ4n) is 1.75. The van der Waals surface area contributed by atoms with Crippen LogP contribution in [0.4, 0.5) is 11.6 Å². The molecule has 0 saturated heterocycles. The predicted molar refractivity (Wildman–Crippen MR) is 84.5 cm³/mol. The molecule has 0 aromatic carbocycles. The molecule has 20 heavy (non-hydrogen) atoms. The Kier molecular flexibility index (Phi) is 5.34. The van der Waals surface area contributed by atoms with Crippen LogP contribution in [-0.4, -0.2) is 35.8 Å². The smallest absolute Gasteiger partial charge is 0.138 e. The van der Waals surface area contributed by atoms with Crippen molar-refractivity contribution in [3.63, 3.8) is 0 Å². The Hall–Kier alpha value is -1.36. The average molecular weight is 280 g/mol. The number of nitrogens with zero attached hydrogens (tertiary/aromatic N) is 2. The molecule has 0 spiro atoms. The van der Waals surface area contributed by atoms with E-state index in [0.717, 1.165) is 17.5 Å². The fourth-order valence-corrected chi connectivity index (χ4v) is 1.75. The van der Waals surface area contributed by atoms with Crippen molar-refractivity contribution >= 4 is 11.6 Å². The molecule has 0 aliphatic carbocycles. The van der Waals surface area contributed by atoms with Crippen molar-refractivity contribution in [3.8, 4) is 0 Å². The minimum absolute atomic E-state index is 0.0846. The summed E-state index contributed by atoms with van der Waals surface area (Å²) in [7, 11) is 1.86. The Morgan fingerprint density at radius 2 is 1.70 bits per heavy atom. The van der Waals surface area contributed by atoms with Gasteiger partial charge in [0.1, 0.15) is 17.5 Å². The van der Waals surface area contributed by atoms with E-state index < -0.39 is 0 Å². The molecule has 0 bridgehead atoms. The van der Waals surface area contributed by atoms with Crippen molar-refractivity contribution in [2.24, 2.45) is 0 Å². The molecule has 0 aliphatic heterocycles. The van der Waals surface area contributed by atoms with Crippen molar-refractivity contribution in [2.45, 2.75) is 52.6 Å². The summed E-state index contributed by atoms with van der Waals surface area (Å²) in [5.41, 5.74) is -0.305. The van der Waals surface area contributed by atoms with Gasteiger partial charge in [0.05, 0.1) is 5.60 Å². The summed E-state index contributed by atoms with van der Waals surface area (Å²) in [6.07, 6.45) is 0. The van der Waals surface area contributed by atoms with Gasteiger partial charge in [0, 0.05) is 31.7 Å². The van der Waals surface area contributed by atoms with E-state index in [1.54, 1.807) is 0 Å². The van der Waals surface area contributed by atoms with Crippen LogP contribution in [0.25, 0.3) is 0 Å². The van der Waals surface area contributed by atoms with Crippen LogP contribution in [0.5, 0.6) is 0 Å². The van der Waals surface area contributed by atoms with Gasteiger partial charge in [-0.2, -0.15) is 0 Å². The molecule has 0 unspecified atom stereocenters. The number of aromatic nitrogens is 2. The third-order valence-corrected chi connectivity index (χ3v) is 2.88. The Bertz CT molecular complexity index is 438. The number of anilines is 2.